The molecule has 1 unspecified atom stereocenters. The van der Waals surface area contributed by atoms with Crippen molar-refractivity contribution in [3.05, 3.63) is 28.5 Å². The number of carboxylic acid groups (broad SMARTS) is 1. The van der Waals surface area contributed by atoms with Gasteiger partial charge in [-0.05, 0) is 25.0 Å². The summed E-state index contributed by atoms with van der Waals surface area (Å²) in [7, 11) is 0. The molecule has 0 heterocycles. The number of ether oxygens (including phenoxy) is 1. The van der Waals surface area contributed by atoms with Gasteiger partial charge in [0.2, 0.25) is 0 Å². The average Bonchev–Trinajstić information content (AvgIpc) is 2.46. The summed E-state index contributed by atoms with van der Waals surface area (Å²) in [6.07, 6.45) is 2.03. The van der Waals surface area contributed by atoms with Gasteiger partial charge in [-0.3, -0.25) is 4.79 Å². The number of carbonyl (C=O) groups excluding carboxylic acids is 1. The first-order valence-electron chi connectivity index (χ1n) is 6.96. The highest BCUT2D eigenvalue weighted by Crippen LogP contribution is 2.34. The maximum atomic E-state index is 13.5. The predicted molar refractivity (Wildman–Crippen MR) is 84.2 cm³/mol. The molecule has 0 saturated carbocycles. The van der Waals surface area contributed by atoms with Gasteiger partial charge in [0.05, 0.1) is 17.2 Å². The zero-order valence-corrected chi connectivity index (χ0v) is 14.0. The number of aromatic carboxylic acids is 1. The van der Waals surface area contributed by atoms with Crippen LogP contribution in [0.4, 0.5) is 4.39 Å². The number of rotatable bonds is 8. The van der Waals surface area contributed by atoms with Crippen LogP contribution in [0.3, 0.4) is 0 Å². The van der Waals surface area contributed by atoms with Gasteiger partial charge in [0.25, 0.3) is 0 Å². The molecule has 1 rings (SSSR count). The van der Waals surface area contributed by atoms with Crippen molar-refractivity contribution in [2.24, 2.45) is 0 Å². The molecule has 0 fully saturated rings. The molecule has 4 nitrogen and oxygen atoms in total. The van der Waals surface area contributed by atoms with E-state index in [1.807, 2.05) is 13.8 Å². The summed E-state index contributed by atoms with van der Waals surface area (Å²) in [4.78, 5) is 23.4. The average molecular weight is 349 g/mol. The molecule has 0 aliphatic carbocycles. The molecule has 0 aliphatic rings. The van der Waals surface area contributed by atoms with E-state index >= 15 is 0 Å². The minimum Gasteiger partial charge on any atom is -0.478 e. The van der Waals surface area contributed by atoms with Gasteiger partial charge in [0.1, 0.15) is 11.1 Å². The van der Waals surface area contributed by atoms with Gasteiger partial charge in [-0.15, -0.1) is 11.8 Å². The maximum absolute atomic E-state index is 13.5. The highest BCUT2D eigenvalue weighted by molar-refractivity contribution is 8.00. The highest BCUT2D eigenvalue weighted by atomic mass is 35.5. The number of carbonyl (C=O) groups is 2. The van der Waals surface area contributed by atoms with E-state index in [0.717, 1.165) is 36.7 Å². The molecule has 0 saturated heterocycles. The van der Waals surface area contributed by atoms with Crippen LogP contribution in [0.5, 0.6) is 0 Å². The fourth-order valence-electron chi connectivity index (χ4n) is 1.72. The van der Waals surface area contributed by atoms with Crippen molar-refractivity contribution in [1.82, 2.24) is 0 Å². The van der Waals surface area contributed by atoms with E-state index in [1.54, 1.807) is 0 Å². The van der Waals surface area contributed by atoms with Gasteiger partial charge in [0, 0.05) is 4.90 Å². The number of carboxylic acids is 1. The van der Waals surface area contributed by atoms with E-state index < -0.39 is 22.6 Å². The molecule has 1 aromatic carbocycles. The summed E-state index contributed by atoms with van der Waals surface area (Å²) in [6.45, 7) is 4.15. The SMILES string of the molecule is CCCOC(=O)C(CCC)Sc1cc(C(=O)O)c(F)cc1Cl. The number of hydrogen-bond donors (Lipinski definition) is 1. The molecule has 0 bridgehead atoms. The molecule has 0 aromatic heterocycles. The standard InChI is InChI=1S/C15H18ClFO4S/c1-3-5-12(15(20)21-6-4-2)22-13-7-9(14(18)19)11(17)8-10(13)16/h7-8,12H,3-6H2,1-2H3,(H,18,19). The van der Waals surface area contributed by atoms with E-state index in [4.69, 9.17) is 21.4 Å². The van der Waals surface area contributed by atoms with Gasteiger partial charge in [-0.2, -0.15) is 0 Å². The largest absolute Gasteiger partial charge is 0.478 e. The fourth-order valence-corrected chi connectivity index (χ4v) is 3.18. The Bertz CT molecular complexity index is 551. The Morgan fingerprint density at radius 1 is 1.36 bits per heavy atom. The molecule has 122 valence electrons. The molecule has 7 heteroatoms. The van der Waals surface area contributed by atoms with Crippen molar-refractivity contribution >= 4 is 35.3 Å². The Labute approximate surface area is 138 Å². The topological polar surface area (TPSA) is 63.6 Å². The van der Waals surface area contributed by atoms with Gasteiger partial charge < -0.3 is 9.84 Å². The number of halogens is 2. The van der Waals surface area contributed by atoms with Crippen molar-refractivity contribution in [2.75, 3.05) is 6.61 Å². The first-order chi connectivity index (χ1) is 10.4. The lowest BCUT2D eigenvalue weighted by atomic mass is 10.2. The first kappa shape index (κ1) is 18.8. The van der Waals surface area contributed by atoms with Crippen LogP contribution in [0.15, 0.2) is 17.0 Å². The predicted octanol–water partition coefficient (Wildman–Crippen LogP) is 4.39. The second-order valence-electron chi connectivity index (χ2n) is 4.63. The molecule has 0 aliphatic heterocycles. The van der Waals surface area contributed by atoms with Crippen LogP contribution >= 0.6 is 23.4 Å². The molecule has 1 N–H and O–H groups in total. The van der Waals surface area contributed by atoms with E-state index in [-0.39, 0.29) is 11.0 Å². The van der Waals surface area contributed by atoms with Gasteiger partial charge >= 0.3 is 11.9 Å². The summed E-state index contributed by atoms with van der Waals surface area (Å²) in [5.41, 5.74) is -0.468. The van der Waals surface area contributed by atoms with Crippen LogP contribution in [0.2, 0.25) is 5.02 Å². The van der Waals surface area contributed by atoms with E-state index in [1.165, 1.54) is 0 Å². The number of benzene rings is 1. The van der Waals surface area contributed by atoms with Gasteiger partial charge in [0.15, 0.2) is 0 Å². The maximum Gasteiger partial charge on any atom is 0.338 e. The van der Waals surface area contributed by atoms with Crippen LogP contribution in [0.1, 0.15) is 43.5 Å². The number of hydrogen-bond acceptors (Lipinski definition) is 4. The Kier molecular flexibility index (Phi) is 7.68. The molecule has 22 heavy (non-hydrogen) atoms. The second kappa shape index (κ2) is 9.00. The third kappa shape index (κ3) is 5.18. The quantitative estimate of drug-likeness (QED) is 0.557. The smallest absolute Gasteiger partial charge is 0.338 e. The van der Waals surface area contributed by atoms with Crippen LogP contribution in [-0.4, -0.2) is 28.9 Å². The third-order valence-corrected chi connectivity index (χ3v) is 4.51. The molecule has 0 spiro atoms. The normalized spacial score (nSPS) is 12.0. The van der Waals surface area contributed by atoms with Crippen molar-refractivity contribution in [1.29, 1.82) is 0 Å². The summed E-state index contributed by atoms with van der Waals surface area (Å²) in [5, 5.41) is 8.54. The van der Waals surface area contributed by atoms with Crippen molar-refractivity contribution in [2.45, 2.75) is 43.3 Å². The Hall–Kier alpha value is -1.27. The minimum absolute atomic E-state index is 0.0805. The lowest BCUT2D eigenvalue weighted by molar-refractivity contribution is -0.143. The van der Waals surface area contributed by atoms with Crippen molar-refractivity contribution < 1.29 is 23.8 Å². The first-order valence-corrected chi connectivity index (χ1v) is 8.22. The summed E-state index contributed by atoms with van der Waals surface area (Å²) >= 11 is 7.06. The fraction of sp³-hybridized carbons (Fsp3) is 0.467. The molecular formula is C15H18ClFO4S. The van der Waals surface area contributed by atoms with Crippen LogP contribution in [0, 0.1) is 5.82 Å². The molecule has 0 radical (unpaired) electrons. The van der Waals surface area contributed by atoms with E-state index in [0.29, 0.717) is 17.9 Å². The number of thioether (sulfide) groups is 1. The summed E-state index contributed by atoms with van der Waals surface area (Å²) < 4.78 is 18.7. The minimum atomic E-state index is -1.38. The zero-order valence-electron chi connectivity index (χ0n) is 12.4. The monoisotopic (exact) mass is 348 g/mol. The van der Waals surface area contributed by atoms with E-state index in [9.17, 15) is 14.0 Å². The molecule has 1 atom stereocenters. The Balaban J connectivity index is 3.00. The van der Waals surface area contributed by atoms with E-state index in [2.05, 4.69) is 0 Å². The highest BCUT2D eigenvalue weighted by Gasteiger charge is 2.23. The Morgan fingerprint density at radius 3 is 2.59 bits per heavy atom. The number of esters is 1. The summed E-state index contributed by atoms with van der Waals surface area (Å²) in [6, 6.07) is 2.11. The van der Waals surface area contributed by atoms with Crippen molar-refractivity contribution in [3.8, 4) is 0 Å². The summed E-state index contributed by atoms with van der Waals surface area (Å²) in [5.74, 6) is -2.65. The zero-order chi connectivity index (χ0) is 16.7. The molecule has 1 aromatic rings. The molecule has 0 amide bonds. The second-order valence-corrected chi connectivity index (χ2v) is 6.28. The van der Waals surface area contributed by atoms with Gasteiger partial charge in [-0.25, -0.2) is 9.18 Å². The van der Waals surface area contributed by atoms with Crippen LogP contribution in [-0.2, 0) is 9.53 Å². The third-order valence-electron chi connectivity index (χ3n) is 2.78. The van der Waals surface area contributed by atoms with Crippen LogP contribution in [0.25, 0.3) is 0 Å². The lowest BCUT2D eigenvalue weighted by Crippen LogP contribution is -2.20. The van der Waals surface area contributed by atoms with Crippen molar-refractivity contribution in [3.63, 3.8) is 0 Å². The van der Waals surface area contributed by atoms with Crippen LogP contribution < -0.4 is 0 Å². The van der Waals surface area contributed by atoms with Gasteiger partial charge in [-0.1, -0.05) is 31.9 Å². The molecular weight excluding hydrogens is 331 g/mol. The Morgan fingerprint density at radius 2 is 2.05 bits per heavy atom. The lowest BCUT2D eigenvalue weighted by Gasteiger charge is -2.16.